The summed E-state index contributed by atoms with van der Waals surface area (Å²) in [7, 11) is 0. The molecule has 0 spiro atoms. The van der Waals surface area contributed by atoms with Gasteiger partial charge in [-0.3, -0.25) is 14.4 Å². The van der Waals surface area contributed by atoms with Crippen molar-refractivity contribution < 1.29 is 29.7 Å². The highest BCUT2D eigenvalue weighted by Crippen LogP contribution is 2.20. The van der Waals surface area contributed by atoms with E-state index < -0.39 is 35.1 Å². The molecule has 0 saturated heterocycles. The number of rotatable bonds is 7. The van der Waals surface area contributed by atoms with Crippen LogP contribution in [0.5, 0.6) is 0 Å². The zero-order chi connectivity index (χ0) is 12.9. The summed E-state index contributed by atoms with van der Waals surface area (Å²) < 4.78 is 0. The van der Waals surface area contributed by atoms with Crippen molar-refractivity contribution in [2.75, 3.05) is 0 Å². The van der Waals surface area contributed by atoms with Crippen molar-refractivity contribution in [2.24, 2.45) is 11.8 Å². The van der Waals surface area contributed by atoms with Crippen LogP contribution in [0.25, 0.3) is 0 Å². The third-order valence-electron chi connectivity index (χ3n) is 2.17. The van der Waals surface area contributed by atoms with E-state index >= 15 is 0 Å². The van der Waals surface area contributed by atoms with E-state index in [2.05, 4.69) is 0 Å². The average Bonchev–Trinajstić information content (AvgIpc) is 2.15. The highest BCUT2D eigenvalue weighted by Gasteiger charge is 2.28. The second kappa shape index (κ2) is 6.32. The molecule has 0 aromatic rings. The second-order valence-electron chi connectivity index (χ2n) is 3.55. The standard InChI is InChI=1S/C9H13ClO6/c1-4(7(11)12)2-5(8(13)14)3-6(10)9(15)16/h4-6H,2-3H2,1H3,(H,11,12)(H,13,14)(H,15,16). The van der Waals surface area contributed by atoms with E-state index in [-0.39, 0.29) is 12.8 Å². The summed E-state index contributed by atoms with van der Waals surface area (Å²) in [6.07, 6.45) is -0.426. The van der Waals surface area contributed by atoms with E-state index in [1.165, 1.54) is 6.92 Å². The third-order valence-corrected chi connectivity index (χ3v) is 2.53. The van der Waals surface area contributed by atoms with Gasteiger partial charge >= 0.3 is 17.9 Å². The van der Waals surface area contributed by atoms with E-state index in [1.54, 1.807) is 0 Å². The van der Waals surface area contributed by atoms with Crippen molar-refractivity contribution in [1.29, 1.82) is 0 Å². The topological polar surface area (TPSA) is 112 Å². The minimum atomic E-state index is -1.32. The molecule has 0 aromatic carbocycles. The van der Waals surface area contributed by atoms with Crippen LogP contribution >= 0.6 is 11.6 Å². The Balaban J connectivity index is 4.45. The first kappa shape index (κ1) is 14.7. The van der Waals surface area contributed by atoms with Gasteiger partial charge in [-0.15, -0.1) is 11.6 Å². The quantitative estimate of drug-likeness (QED) is 0.580. The number of alkyl halides is 1. The predicted molar refractivity (Wildman–Crippen MR) is 54.4 cm³/mol. The van der Waals surface area contributed by atoms with Gasteiger partial charge in [-0.05, 0) is 12.8 Å². The minimum Gasteiger partial charge on any atom is -0.481 e. The maximum atomic E-state index is 10.8. The summed E-state index contributed by atoms with van der Waals surface area (Å²) in [5, 5.41) is 24.6. The lowest BCUT2D eigenvalue weighted by atomic mass is 9.92. The van der Waals surface area contributed by atoms with Crippen molar-refractivity contribution in [3.63, 3.8) is 0 Å². The fourth-order valence-corrected chi connectivity index (χ4v) is 1.39. The Bertz CT molecular complexity index is 268. The lowest BCUT2D eigenvalue weighted by Gasteiger charge is -2.15. The molecule has 7 heteroatoms. The molecule has 6 nitrogen and oxygen atoms in total. The van der Waals surface area contributed by atoms with Crippen LogP contribution in [0.3, 0.4) is 0 Å². The van der Waals surface area contributed by atoms with Gasteiger partial charge in [0.05, 0.1) is 11.8 Å². The van der Waals surface area contributed by atoms with E-state index in [9.17, 15) is 14.4 Å². The molecule has 0 amide bonds. The summed E-state index contributed by atoms with van der Waals surface area (Å²) in [5.41, 5.74) is 0. The number of hydrogen-bond donors (Lipinski definition) is 3. The van der Waals surface area contributed by atoms with E-state index in [4.69, 9.17) is 26.9 Å². The van der Waals surface area contributed by atoms with Gasteiger partial charge in [0.25, 0.3) is 0 Å². The Morgan fingerprint density at radius 2 is 1.50 bits per heavy atom. The number of halogens is 1. The summed E-state index contributed by atoms with van der Waals surface area (Å²) in [6, 6.07) is 0. The molecule has 0 aliphatic heterocycles. The Kier molecular flexibility index (Phi) is 5.81. The van der Waals surface area contributed by atoms with Crippen LogP contribution in [0.1, 0.15) is 19.8 Å². The lowest BCUT2D eigenvalue weighted by molar-refractivity contribution is -0.145. The van der Waals surface area contributed by atoms with Gasteiger partial charge < -0.3 is 15.3 Å². The maximum Gasteiger partial charge on any atom is 0.321 e. The van der Waals surface area contributed by atoms with Gasteiger partial charge in [0, 0.05) is 0 Å². The average molecular weight is 253 g/mol. The van der Waals surface area contributed by atoms with Crippen molar-refractivity contribution in [2.45, 2.75) is 25.1 Å². The molecule has 3 atom stereocenters. The molecule has 0 rings (SSSR count). The maximum absolute atomic E-state index is 10.8. The number of carbonyl (C=O) groups is 3. The third kappa shape index (κ3) is 4.97. The number of aliphatic carboxylic acids is 3. The summed E-state index contributed by atoms with van der Waals surface area (Å²) >= 11 is 5.41. The number of hydrogen-bond acceptors (Lipinski definition) is 3. The second-order valence-corrected chi connectivity index (χ2v) is 4.08. The van der Waals surface area contributed by atoms with Crippen molar-refractivity contribution in [3.8, 4) is 0 Å². The van der Waals surface area contributed by atoms with Gasteiger partial charge in [0.2, 0.25) is 0 Å². The molecular weight excluding hydrogens is 240 g/mol. The molecule has 0 aliphatic rings. The van der Waals surface area contributed by atoms with Crippen LogP contribution in [0, 0.1) is 11.8 Å². The molecule has 0 fully saturated rings. The fourth-order valence-electron chi connectivity index (χ4n) is 1.18. The molecule has 0 saturated carbocycles. The van der Waals surface area contributed by atoms with E-state index in [0.717, 1.165) is 0 Å². The van der Waals surface area contributed by atoms with Crippen molar-refractivity contribution in [3.05, 3.63) is 0 Å². The first-order chi connectivity index (χ1) is 7.25. The van der Waals surface area contributed by atoms with E-state index in [0.29, 0.717) is 0 Å². The minimum absolute atomic E-state index is 0.138. The Labute approximate surface area is 96.8 Å². The number of carboxylic acid groups (broad SMARTS) is 3. The zero-order valence-corrected chi connectivity index (χ0v) is 9.35. The Morgan fingerprint density at radius 1 is 1.00 bits per heavy atom. The SMILES string of the molecule is CC(CC(CC(Cl)C(=O)O)C(=O)O)C(=O)O. The van der Waals surface area contributed by atoms with Gasteiger partial charge in [0.15, 0.2) is 0 Å². The molecule has 0 aliphatic carbocycles. The van der Waals surface area contributed by atoms with Gasteiger partial charge in [-0.1, -0.05) is 6.92 Å². The van der Waals surface area contributed by atoms with Gasteiger partial charge in [0.1, 0.15) is 5.38 Å². The van der Waals surface area contributed by atoms with Gasteiger partial charge in [-0.2, -0.15) is 0 Å². The summed E-state index contributed by atoms with van der Waals surface area (Å²) in [5.74, 6) is -5.58. The van der Waals surface area contributed by atoms with Crippen LogP contribution in [-0.2, 0) is 14.4 Å². The lowest BCUT2D eigenvalue weighted by Crippen LogP contribution is -2.26. The van der Waals surface area contributed by atoms with Gasteiger partial charge in [-0.25, -0.2) is 0 Å². The Hall–Kier alpha value is -1.30. The Morgan fingerprint density at radius 3 is 1.81 bits per heavy atom. The molecule has 92 valence electrons. The summed E-state index contributed by atoms with van der Waals surface area (Å²) in [4.78, 5) is 31.7. The molecule has 3 N–H and O–H groups in total. The van der Waals surface area contributed by atoms with Crippen LogP contribution in [0.4, 0.5) is 0 Å². The molecule has 16 heavy (non-hydrogen) atoms. The van der Waals surface area contributed by atoms with Crippen LogP contribution in [0.15, 0.2) is 0 Å². The predicted octanol–water partition coefficient (Wildman–Crippen LogP) is 0.880. The highest BCUT2D eigenvalue weighted by molar-refractivity contribution is 6.29. The highest BCUT2D eigenvalue weighted by atomic mass is 35.5. The molecule has 0 heterocycles. The fraction of sp³-hybridized carbons (Fsp3) is 0.667. The normalized spacial score (nSPS) is 16.1. The molecule has 3 unspecified atom stereocenters. The first-order valence-electron chi connectivity index (χ1n) is 4.58. The van der Waals surface area contributed by atoms with Crippen LogP contribution in [0.2, 0.25) is 0 Å². The van der Waals surface area contributed by atoms with Crippen molar-refractivity contribution in [1.82, 2.24) is 0 Å². The largest absolute Gasteiger partial charge is 0.481 e. The number of carboxylic acids is 3. The monoisotopic (exact) mass is 252 g/mol. The van der Waals surface area contributed by atoms with Crippen LogP contribution < -0.4 is 0 Å². The van der Waals surface area contributed by atoms with E-state index in [1.807, 2.05) is 0 Å². The first-order valence-corrected chi connectivity index (χ1v) is 5.01. The molecule has 0 bridgehead atoms. The van der Waals surface area contributed by atoms with Crippen LogP contribution in [-0.4, -0.2) is 38.6 Å². The molecule has 0 radical (unpaired) electrons. The smallest absolute Gasteiger partial charge is 0.321 e. The van der Waals surface area contributed by atoms with Crippen molar-refractivity contribution >= 4 is 29.5 Å². The summed E-state index contributed by atoms with van der Waals surface area (Å²) in [6.45, 7) is 1.36. The zero-order valence-electron chi connectivity index (χ0n) is 8.59. The molecule has 0 aromatic heterocycles. The molecular formula is C9H13ClO6.